The molecular formula is C25H17N3O3. The maximum atomic E-state index is 9.88. The highest BCUT2D eigenvalue weighted by Crippen LogP contribution is 2.42. The van der Waals surface area contributed by atoms with E-state index in [1.807, 2.05) is 36.5 Å². The minimum atomic E-state index is 0.195. The van der Waals surface area contributed by atoms with Crippen LogP contribution < -0.4 is 0 Å². The smallest absolute Gasteiger partial charge is 0.238 e. The molecule has 5 aromatic rings. The molecule has 0 aliphatic heterocycles. The monoisotopic (exact) mass is 407 g/mol. The largest absolute Gasteiger partial charge is 0.464 e. The van der Waals surface area contributed by atoms with Gasteiger partial charge in [-0.15, -0.1) is 6.58 Å². The Morgan fingerprint density at radius 2 is 1.81 bits per heavy atom. The molecule has 4 aromatic heterocycles. The highest BCUT2D eigenvalue weighted by molar-refractivity contribution is 6.00. The summed E-state index contributed by atoms with van der Waals surface area (Å²) >= 11 is 0. The zero-order chi connectivity index (χ0) is 21.2. The van der Waals surface area contributed by atoms with Crippen molar-refractivity contribution in [2.75, 3.05) is 0 Å². The number of furan rings is 3. The van der Waals surface area contributed by atoms with Crippen LogP contribution in [0, 0.1) is 11.3 Å². The predicted octanol–water partition coefficient (Wildman–Crippen LogP) is 6.56. The Hall–Kier alpha value is -4.50. The van der Waals surface area contributed by atoms with Crippen molar-refractivity contribution in [1.82, 2.24) is 4.57 Å². The zero-order valence-electron chi connectivity index (χ0n) is 16.5. The van der Waals surface area contributed by atoms with Gasteiger partial charge in [0.2, 0.25) is 5.88 Å². The quantitative estimate of drug-likeness (QED) is 0.236. The summed E-state index contributed by atoms with van der Waals surface area (Å²) in [6, 6.07) is 17.3. The Kier molecular flexibility index (Phi) is 4.62. The zero-order valence-corrected chi connectivity index (χ0v) is 16.5. The van der Waals surface area contributed by atoms with E-state index in [1.165, 1.54) is 0 Å². The lowest BCUT2D eigenvalue weighted by molar-refractivity contribution is 0.527. The Labute approximate surface area is 178 Å². The van der Waals surface area contributed by atoms with Crippen LogP contribution in [0.2, 0.25) is 0 Å². The van der Waals surface area contributed by atoms with Crippen molar-refractivity contribution < 1.29 is 13.3 Å². The Morgan fingerprint density at radius 1 is 1.03 bits per heavy atom. The average molecular weight is 407 g/mol. The molecule has 0 spiro atoms. The van der Waals surface area contributed by atoms with Crippen LogP contribution in [0.5, 0.6) is 0 Å². The lowest BCUT2D eigenvalue weighted by Crippen LogP contribution is -1.91. The Morgan fingerprint density at radius 3 is 2.52 bits per heavy atom. The molecule has 4 heterocycles. The summed E-state index contributed by atoms with van der Waals surface area (Å²) in [7, 11) is 0. The van der Waals surface area contributed by atoms with Crippen LogP contribution in [0.3, 0.4) is 0 Å². The third-order valence-electron chi connectivity index (χ3n) is 4.98. The Bertz CT molecular complexity index is 1430. The third-order valence-corrected chi connectivity index (χ3v) is 4.98. The fourth-order valence-electron chi connectivity index (χ4n) is 3.65. The summed E-state index contributed by atoms with van der Waals surface area (Å²) < 4.78 is 19.2. The number of nitrogens with zero attached hydrogens (tertiary/aromatic N) is 3. The van der Waals surface area contributed by atoms with Gasteiger partial charge in [-0.3, -0.25) is 0 Å². The van der Waals surface area contributed by atoms with Gasteiger partial charge in [0.25, 0.3) is 0 Å². The van der Waals surface area contributed by atoms with Gasteiger partial charge in [0, 0.05) is 35.4 Å². The molecule has 6 heteroatoms. The molecule has 0 N–H and O–H groups in total. The van der Waals surface area contributed by atoms with E-state index in [0.29, 0.717) is 29.4 Å². The molecule has 0 aliphatic carbocycles. The first-order valence-electron chi connectivity index (χ1n) is 9.67. The normalized spacial score (nSPS) is 11.3. The summed E-state index contributed by atoms with van der Waals surface area (Å²) in [5, 5.41) is 10.9. The number of para-hydroxylation sites is 1. The third kappa shape index (κ3) is 3.18. The molecule has 150 valence electrons. The summed E-state index contributed by atoms with van der Waals surface area (Å²) in [4.78, 5) is 4.54. The number of fused-ring (bicyclic) bond motifs is 1. The average Bonchev–Trinajstić information content (AvgIpc) is 3.58. The maximum Gasteiger partial charge on any atom is 0.238 e. The van der Waals surface area contributed by atoms with Gasteiger partial charge in [0.15, 0.2) is 11.5 Å². The minimum absolute atomic E-state index is 0.195. The molecular weight excluding hydrogens is 390 g/mol. The van der Waals surface area contributed by atoms with E-state index in [1.54, 1.807) is 43.0 Å². The van der Waals surface area contributed by atoms with E-state index in [4.69, 9.17) is 13.3 Å². The molecule has 6 nitrogen and oxygen atoms in total. The second kappa shape index (κ2) is 7.73. The van der Waals surface area contributed by atoms with Crippen LogP contribution in [0.4, 0.5) is 5.88 Å². The van der Waals surface area contributed by atoms with E-state index < -0.39 is 0 Å². The Balaban J connectivity index is 1.65. The highest BCUT2D eigenvalue weighted by atomic mass is 16.4. The van der Waals surface area contributed by atoms with Crippen LogP contribution in [0.1, 0.15) is 11.1 Å². The summed E-state index contributed by atoms with van der Waals surface area (Å²) in [5.74, 6) is 1.60. The molecule has 0 amide bonds. The van der Waals surface area contributed by atoms with Crippen molar-refractivity contribution in [1.29, 1.82) is 5.26 Å². The molecule has 0 radical (unpaired) electrons. The lowest BCUT2D eigenvalue weighted by atomic mass is 10.1. The molecule has 0 saturated carbocycles. The summed E-state index contributed by atoms with van der Waals surface area (Å²) in [6.07, 6.45) is 8.66. The second-order valence-electron chi connectivity index (χ2n) is 6.85. The van der Waals surface area contributed by atoms with E-state index >= 15 is 0 Å². The van der Waals surface area contributed by atoms with Gasteiger partial charge >= 0.3 is 0 Å². The van der Waals surface area contributed by atoms with E-state index in [-0.39, 0.29) is 11.4 Å². The number of hydrogen-bond acceptors (Lipinski definition) is 5. The maximum absolute atomic E-state index is 9.88. The number of allylic oxidation sites excluding steroid dienone is 1. The first-order chi connectivity index (χ1) is 15.3. The first-order valence-corrected chi connectivity index (χ1v) is 9.67. The number of nitriles is 1. The summed E-state index contributed by atoms with van der Waals surface area (Å²) in [5.41, 5.74) is 2.80. The van der Waals surface area contributed by atoms with Crippen LogP contribution in [-0.4, -0.2) is 10.8 Å². The van der Waals surface area contributed by atoms with Crippen molar-refractivity contribution in [3.8, 4) is 28.9 Å². The number of benzene rings is 1. The number of aliphatic imine (C=N–C) groups is 1. The first kappa shape index (κ1) is 18.5. The molecule has 1 aromatic carbocycles. The van der Waals surface area contributed by atoms with E-state index in [0.717, 1.165) is 16.5 Å². The number of hydrogen-bond donors (Lipinski definition) is 0. The fourth-order valence-corrected chi connectivity index (χ4v) is 3.65. The van der Waals surface area contributed by atoms with Crippen molar-refractivity contribution in [2.24, 2.45) is 4.99 Å². The molecule has 0 unspecified atom stereocenters. The standard InChI is InChI=1S/C25H17N3O3/c1-2-11-28-16-17(18-7-3-4-8-20(18)28)15-27-25-19(14-26)23(21-9-5-12-29-21)24(31-25)22-10-6-13-30-22/h2-10,12-13,15-16H,1,11H2. The second-order valence-corrected chi connectivity index (χ2v) is 6.85. The van der Waals surface area contributed by atoms with Crippen LogP contribution in [0.15, 0.2) is 98.2 Å². The number of rotatable bonds is 6. The van der Waals surface area contributed by atoms with Gasteiger partial charge in [-0.05, 0) is 30.3 Å². The van der Waals surface area contributed by atoms with Crippen molar-refractivity contribution in [3.63, 3.8) is 0 Å². The molecule has 0 saturated heterocycles. The van der Waals surface area contributed by atoms with Crippen molar-refractivity contribution in [3.05, 3.63) is 91.0 Å². The SMILES string of the molecule is C=CCn1cc(C=Nc2oc(-c3ccco3)c(-c3ccco3)c2C#N)c2ccccc21. The van der Waals surface area contributed by atoms with Gasteiger partial charge in [0.05, 0.1) is 18.1 Å². The molecule has 0 aliphatic rings. The topological polar surface area (TPSA) is 80.5 Å². The van der Waals surface area contributed by atoms with Crippen LogP contribution in [0.25, 0.3) is 33.7 Å². The lowest BCUT2D eigenvalue weighted by Gasteiger charge is -1.98. The highest BCUT2D eigenvalue weighted by Gasteiger charge is 2.26. The van der Waals surface area contributed by atoms with Crippen molar-refractivity contribution >= 4 is 23.0 Å². The van der Waals surface area contributed by atoms with Crippen LogP contribution in [-0.2, 0) is 6.54 Å². The summed E-state index contributed by atoms with van der Waals surface area (Å²) in [6.45, 7) is 4.51. The molecule has 0 bridgehead atoms. The minimum Gasteiger partial charge on any atom is -0.464 e. The molecule has 31 heavy (non-hydrogen) atoms. The number of aromatic nitrogens is 1. The van der Waals surface area contributed by atoms with E-state index in [9.17, 15) is 5.26 Å². The van der Waals surface area contributed by atoms with Crippen molar-refractivity contribution in [2.45, 2.75) is 6.54 Å². The van der Waals surface area contributed by atoms with Gasteiger partial charge in [0.1, 0.15) is 17.4 Å². The van der Waals surface area contributed by atoms with Crippen LogP contribution >= 0.6 is 0 Å². The van der Waals surface area contributed by atoms with Gasteiger partial charge in [-0.25, -0.2) is 4.99 Å². The van der Waals surface area contributed by atoms with Gasteiger partial charge in [-0.2, -0.15) is 5.26 Å². The molecule has 0 atom stereocenters. The fraction of sp³-hybridized carbons (Fsp3) is 0.0400. The molecule has 0 fully saturated rings. The molecule has 5 rings (SSSR count). The van der Waals surface area contributed by atoms with E-state index in [2.05, 4.69) is 22.2 Å². The van der Waals surface area contributed by atoms with Gasteiger partial charge in [-0.1, -0.05) is 24.3 Å². The predicted molar refractivity (Wildman–Crippen MR) is 118 cm³/mol. The van der Waals surface area contributed by atoms with Gasteiger partial charge < -0.3 is 17.8 Å².